The zero-order chi connectivity index (χ0) is 22.3. The van der Waals surface area contributed by atoms with Crippen LogP contribution in [0.2, 0.25) is 0 Å². The van der Waals surface area contributed by atoms with E-state index < -0.39 is 10.0 Å². The maximum atomic E-state index is 12.6. The van der Waals surface area contributed by atoms with Crippen LogP contribution >= 0.6 is 0 Å². The monoisotopic (exact) mass is 446 g/mol. The van der Waals surface area contributed by atoms with Crippen LogP contribution in [-0.4, -0.2) is 36.2 Å². The van der Waals surface area contributed by atoms with Crippen molar-refractivity contribution in [2.75, 3.05) is 21.9 Å². The molecule has 32 heavy (non-hydrogen) atoms. The zero-order valence-corrected chi connectivity index (χ0v) is 18.3. The maximum Gasteiger partial charge on any atom is 0.255 e. The Balaban J connectivity index is 1.31. The number of hydrogen-bond donors (Lipinski definition) is 1. The summed E-state index contributed by atoms with van der Waals surface area (Å²) in [6.45, 7) is 0.478. The maximum absolute atomic E-state index is 12.6. The molecule has 1 fully saturated rings. The molecule has 2 heterocycles. The van der Waals surface area contributed by atoms with Gasteiger partial charge in [0.25, 0.3) is 5.91 Å². The molecular weight excluding hydrogens is 424 g/mol. The number of aryl methyl sites for hydroxylation is 1. The van der Waals surface area contributed by atoms with Crippen molar-refractivity contribution in [3.63, 3.8) is 0 Å². The van der Waals surface area contributed by atoms with Crippen LogP contribution in [0.25, 0.3) is 22.4 Å². The first-order valence-electron chi connectivity index (χ1n) is 10.4. The molecule has 162 valence electrons. The van der Waals surface area contributed by atoms with Crippen molar-refractivity contribution in [1.29, 1.82) is 0 Å². The fraction of sp³-hybridized carbons (Fsp3) is 0.167. The minimum atomic E-state index is -3.23. The van der Waals surface area contributed by atoms with Gasteiger partial charge in [-0.1, -0.05) is 12.1 Å². The topological polar surface area (TPSA) is 84.3 Å². The molecule has 1 amide bonds. The molecule has 4 aromatic rings. The van der Waals surface area contributed by atoms with Crippen LogP contribution in [0.3, 0.4) is 0 Å². The predicted octanol–water partition coefficient (Wildman–Crippen LogP) is 4.03. The molecule has 1 aromatic heterocycles. The summed E-state index contributed by atoms with van der Waals surface area (Å²) in [5.41, 5.74) is 4.68. The Morgan fingerprint density at radius 2 is 1.69 bits per heavy atom. The van der Waals surface area contributed by atoms with Gasteiger partial charge in [0.15, 0.2) is 0 Å². The second-order valence-electron chi connectivity index (χ2n) is 7.80. The Hall–Kier alpha value is -3.65. The summed E-state index contributed by atoms with van der Waals surface area (Å²) in [6, 6.07) is 22.2. The fourth-order valence-corrected chi connectivity index (χ4v) is 5.58. The summed E-state index contributed by atoms with van der Waals surface area (Å²) < 4.78 is 27.6. The van der Waals surface area contributed by atoms with E-state index in [1.54, 1.807) is 24.3 Å². The third kappa shape index (κ3) is 3.62. The molecule has 0 spiro atoms. The third-order valence-corrected chi connectivity index (χ3v) is 7.57. The van der Waals surface area contributed by atoms with Crippen LogP contribution in [0.4, 0.5) is 11.4 Å². The summed E-state index contributed by atoms with van der Waals surface area (Å²) in [4.78, 5) is 17.3. The number of nitrogens with zero attached hydrogens (tertiary/aromatic N) is 3. The molecule has 0 unspecified atom stereocenters. The van der Waals surface area contributed by atoms with Gasteiger partial charge in [0.05, 0.1) is 22.5 Å². The number of imidazole rings is 1. The number of anilines is 2. The average molecular weight is 447 g/mol. The Labute approximate surface area is 186 Å². The first kappa shape index (κ1) is 20.3. The van der Waals surface area contributed by atoms with E-state index in [2.05, 4.69) is 5.32 Å². The lowest BCUT2D eigenvalue weighted by Crippen LogP contribution is -2.25. The number of benzene rings is 3. The van der Waals surface area contributed by atoms with Gasteiger partial charge >= 0.3 is 0 Å². The average Bonchev–Trinajstić information content (AvgIpc) is 3.33. The fourth-order valence-electron chi connectivity index (χ4n) is 4.02. The van der Waals surface area contributed by atoms with Gasteiger partial charge in [-0.15, -0.1) is 0 Å². The number of sulfonamides is 1. The van der Waals surface area contributed by atoms with Crippen molar-refractivity contribution in [3.05, 3.63) is 78.4 Å². The summed E-state index contributed by atoms with van der Waals surface area (Å²) in [6.07, 6.45) is 0.620. The number of nitrogens with one attached hydrogen (secondary N) is 1. The minimum absolute atomic E-state index is 0.166. The van der Waals surface area contributed by atoms with E-state index in [0.29, 0.717) is 29.9 Å². The summed E-state index contributed by atoms with van der Waals surface area (Å²) in [7, 11) is -1.25. The second-order valence-corrected chi connectivity index (χ2v) is 9.82. The van der Waals surface area contributed by atoms with Crippen molar-refractivity contribution in [2.45, 2.75) is 6.42 Å². The van der Waals surface area contributed by atoms with Gasteiger partial charge in [-0.05, 0) is 67.1 Å². The molecule has 1 aliphatic rings. The zero-order valence-electron chi connectivity index (χ0n) is 17.5. The number of para-hydroxylation sites is 2. The Morgan fingerprint density at radius 3 is 2.34 bits per heavy atom. The second kappa shape index (κ2) is 7.80. The van der Waals surface area contributed by atoms with Gasteiger partial charge in [0.2, 0.25) is 10.0 Å². The molecule has 0 atom stereocenters. The third-order valence-electron chi connectivity index (χ3n) is 5.70. The lowest BCUT2D eigenvalue weighted by molar-refractivity contribution is 0.102. The number of rotatable bonds is 4. The van der Waals surface area contributed by atoms with Gasteiger partial charge in [-0.3, -0.25) is 9.10 Å². The van der Waals surface area contributed by atoms with Crippen LogP contribution in [0, 0.1) is 0 Å². The molecule has 8 heteroatoms. The molecule has 0 bridgehead atoms. The van der Waals surface area contributed by atoms with E-state index in [4.69, 9.17) is 4.98 Å². The van der Waals surface area contributed by atoms with Gasteiger partial charge in [0, 0.05) is 30.4 Å². The van der Waals surface area contributed by atoms with E-state index in [9.17, 15) is 13.2 Å². The largest absolute Gasteiger partial charge is 0.327 e. The first-order valence-corrected chi connectivity index (χ1v) is 12.0. The van der Waals surface area contributed by atoms with Crippen molar-refractivity contribution in [3.8, 4) is 11.4 Å². The molecule has 1 saturated heterocycles. The lowest BCUT2D eigenvalue weighted by Gasteiger charge is -2.17. The van der Waals surface area contributed by atoms with E-state index >= 15 is 0 Å². The molecule has 7 nitrogen and oxygen atoms in total. The van der Waals surface area contributed by atoms with Crippen LogP contribution < -0.4 is 9.62 Å². The number of carbonyl (C=O) groups excluding carboxylic acids is 1. The molecule has 0 saturated carbocycles. The number of aromatic nitrogens is 2. The summed E-state index contributed by atoms with van der Waals surface area (Å²) in [5.74, 6) is 0.771. The normalized spacial score (nSPS) is 15.2. The quantitative estimate of drug-likeness (QED) is 0.513. The minimum Gasteiger partial charge on any atom is -0.327 e. The van der Waals surface area contributed by atoms with E-state index in [-0.39, 0.29) is 11.7 Å². The number of amides is 1. The molecule has 1 N–H and O–H groups in total. The Morgan fingerprint density at radius 1 is 0.969 bits per heavy atom. The van der Waals surface area contributed by atoms with Gasteiger partial charge in [-0.2, -0.15) is 0 Å². The van der Waals surface area contributed by atoms with Crippen molar-refractivity contribution in [1.82, 2.24) is 9.55 Å². The van der Waals surface area contributed by atoms with Crippen molar-refractivity contribution < 1.29 is 13.2 Å². The smallest absolute Gasteiger partial charge is 0.255 e. The lowest BCUT2D eigenvalue weighted by atomic mass is 10.1. The molecule has 1 aliphatic heterocycles. The molecule has 0 aliphatic carbocycles. The van der Waals surface area contributed by atoms with E-state index in [0.717, 1.165) is 22.4 Å². The highest BCUT2D eigenvalue weighted by molar-refractivity contribution is 7.93. The first-order chi connectivity index (χ1) is 15.4. The molecule has 0 radical (unpaired) electrons. The summed E-state index contributed by atoms with van der Waals surface area (Å²) >= 11 is 0. The predicted molar refractivity (Wildman–Crippen MR) is 126 cm³/mol. The van der Waals surface area contributed by atoms with Crippen molar-refractivity contribution in [2.24, 2.45) is 7.05 Å². The van der Waals surface area contributed by atoms with Crippen molar-refractivity contribution >= 4 is 38.3 Å². The van der Waals surface area contributed by atoms with Crippen LogP contribution in [-0.2, 0) is 17.1 Å². The highest BCUT2D eigenvalue weighted by atomic mass is 32.2. The van der Waals surface area contributed by atoms with E-state index in [1.807, 2.05) is 60.1 Å². The molecule has 3 aromatic carbocycles. The SMILES string of the molecule is Cn1c(-c2ccc(NC(=O)c3ccc(N4CCCS4(=O)=O)cc3)cc2)nc2ccccc21. The highest BCUT2D eigenvalue weighted by Gasteiger charge is 2.28. The number of fused-ring (bicyclic) bond motifs is 1. The number of hydrogen-bond acceptors (Lipinski definition) is 4. The standard InChI is InChI=1S/C24H22N4O3S/c1-27-22-6-3-2-5-21(22)26-23(27)17-7-11-19(12-8-17)25-24(29)18-9-13-20(14-10-18)28-15-4-16-32(28,30)31/h2-3,5-14H,4,15-16H2,1H3,(H,25,29). The van der Waals surface area contributed by atoms with E-state index in [1.165, 1.54) is 4.31 Å². The molecule has 5 rings (SSSR count). The highest BCUT2D eigenvalue weighted by Crippen LogP contribution is 2.26. The van der Waals surface area contributed by atoms with Gasteiger partial charge in [0.1, 0.15) is 5.82 Å². The Bertz CT molecular complexity index is 1410. The van der Waals surface area contributed by atoms with Crippen LogP contribution in [0.1, 0.15) is 16.8 Å². The van der Waals surface area contributed by atoms with Gasteiger partial charge in [-0.25, -0.2) is 13.4 Å². The molecular formula is C24H22N4O3S. The van der Waals surface area contributed by atoms with Gasteiger partial charge < -0.3 is 9.88 Å². The summed E-state index contributed by atoms with van der Waals surface area (Å²) in [5, 5.41) is 2.89. The van der Waals surface area contributed by atoms with Crippen LogP contribution in [0.15, 0.2) is 72.8 Å². The Kier molecular flexibility index (Phi) is 4.94. The number of carbonyl (C=O) groups is 1. The van der Waals surface area contributed by atoms with Crippen LogP contribution in [0.5, 0.6) is 0 Å².